The summed E-state index contributed by atoms with van der Waals surface area (Å²) in [7, 11) is 1.47. The molecule has 4 heteroatoms. The van der Waals surface area contributed by atoms with Crippen molar-refractivity contribution < 1.29 is 14.3 Å². The van der Waals surface area contributed by atoms with Crippen LogP contribution in [-0.2, 0) is 9.53 Å². The third-order valence-corrected chi connectivity index (χ3v) is 22.3. The zero-order valence-corrected chi connectivity index (χ0v) is 22.2. The van der Waals surface area contributed by atoms with Gasteiger partial charge in [-0.05, 0) is 0 Å². The molecule has 2 unspecified atom stereocenters. The molecular formula is C25H42O3Sn. The molecule has 2 atom stereocenters. The van der Waals surface area contributed by atoms with Gasteiger partial charge in [-0.15, -0.1) is 0 Å². The molecule has 0 aromatic heterocycles. The van der Waals surface area contributed by atoms with Crippen molar-refractivity contribution in [3.05, 3.63) is 35.9 Å². The van der Waals surface area contributed by atoms with Gasteiger partial charge in [0, 0.05) is 0 Å². The molecule has 0 saturated heterocycles. The van der Waals surface area contributed by atoms with Crippen molar-refractivity contribution >= 4 is 30.1 Å². The number of rotatable bonds is 15. The Labute approximate surface area is 182 Å². The van der Waals surface area contributed by atoms with Crippen LogP contribution in [0.25, 0.3) is 0 Å². The third kappa shape index (κ3) is 8.43. The molecule has 0 bridgehead atoms. The number of esters is 1. The summed E-state index contributed by atoms with van der Waals surface area (Å²) >= 11 is -2.57. The van der Waals surface area contributed by atoms with Crippen molar-refractivity contribution in [3.63, 3.8) is 0 Å². The molecule has 1 rings (SSSR count). The first-order valence-corrected chi connectivity index (χ1v) is 19.7. The average molecular weight is 509 g/mol. The van der Waals surface area contributed by atoms with Crippen molar-refractivity contribution in [3.8, 4) is 0 Å². The summed E-state index contributed by atoms with van der Waals surface area (Å²) in [5, 5.41) is 0. The minimum atomic E-state index is -2.57. The van der Waals surface area contributed by atoms with Gasteiger partial charge in [0.05, 0.1) is 0 Å². The molecule has 0 amide bonds. The van der Waals surface area contributed by atoms with Crippen molar-refractivity contribution in [1.29, 1.82) is 0 Å². The first-order valence-electron chi connectivity index (χ1n) is 11.6. The Bertz CT molecular complexity index is 578. The zero-order valence-electron chi connectivity index (χ0n) is 19.3. The van der Waals surface area contributed by atoms with Crippen LogP contribution in [0.2, 0.25) is 17.7 Å². The van der Waals surface area contributed by atoms with E-state index in [4.69, 9.17) is 4.74 Å². The van der Waals surface area contributed by atoms with Gasteiger partial charge in [-0.3, -0.25) is 0 Å². The van der Waals surface area contributed by atoms with E-state index in [1.54, 1.807) is 0 Å². The van der Waals surface area contributed by atoms with E-state index in [9.17, 15) is 9.59 Å². The Morgan fingerprint density at radius 3 is 1.79 bits per heavy atom. The van der Waals surface area contributed by atoms with Crippen LogP contribution < -0.4 is 0 Å². The van der Waals surface area contributed by atoms with E-state index >= 15 is 0 Å². The first kappa shape index (κ1) is 26.2. The van der Waals surface area contributed by atoms with Gasteiger partial charge in [0.25, 0.3) is 0 Å². The van der Waals surface area contributed by atoms with E-state index < -0.39 is 18.4 Å². The Kier molecular flexibility index (Phi) is 12.8. The van der Waals surface area contributed by atoms with Crippen molar-refractivity contribution in [2.24, 2.45) is 11.8 Å². The monoisotopic (exact) mass is 510 g/mol. The molecule has 0 fully saturated rings. The Morgan fingerprint density at radius 1 is 0.897 bits per heavy atom. The number of Topliss-reactive ketones (excluding diaryl/α,β-unsaturated/α-hetero) is 1. The van der Waals surface area contributed by atoms with Crippen molar-refractivity contribution in [1.82, 2.24) is 0 Å². The fourth-order valence-electron chi connectivity index (χ4n) is 4.47. The van der Waals surface area contributed by atoms with Gasteiger partial charge in [-0.2, -0.15) is 0 Å². The maximum absolute atomic E-state index is 13.2. The molecular weight excluding hydrogens is 467 g/mol. The van der Waals surface area contributed by atoms with Crippen LogP contribution in [0, 0.1) is 11.8 Å². The molecule has 29 heavy (non-hydrogen) atoms. The second kappa shape index (κ2) is 14.2. The number of hydrogen-bond donors (Lipinski definition) is 0. The summed E-state index contributed by atoms with van der Waals surface area (Å²) in [6.45, 7) is 8.72. The van der Waals surface area contributed by atoms with Crippen LogP contribution in [0.1, 0.15) is 76.6 Å². The molecule has 0 heterocycles. The van der Waals surface area contributed by atoms with E-state index in [0.717, 1.165) is 4.44 Å². The second-order valence-corrected chi connectivity index (χ2v) is 22.7. The van der Waals surface area contributed by atoms with Crippen LogP contribution >= 0.6 is 0 Å². The normalized spacial score (nSPS) is 13.7. The van der Waals surface area contributed by atoms with Gasteiger partial charge in [0.2, 0.25) is 0 Å². The van der Waals surface area contributed by atoms with E-state index in [1.165, 1.54) is 58.9 Å². The number of ether oxygens (including phenoxy) is 1. The van der Waals surface area contributed by atoms with E-state index in [1.807, 2.05) is 37.3 Å². The van der Waals surface area contributed by atoms with Gasteiger partial charge in [0.1, 0.15) is 0 Å². The summed E-state index contributed by atoms with van der Waals surface area (Å²) < 4.78 is 10.2. The average Bonchev–Trinajstić information content (AvgIpc) is 2.77. The van der Waals surface area contributed by atoms with Crippen LogP contribution in [0.4, 0.5) is 0 Å². The van der Waals surface area contributed by atoms with Crippen LogP contribution in [-0.4, -0.2) is 37.2 Å². The van der Waals surface area contributed by atoms with E-state index in [-0.39, 0.29) is 23.6 Å². The SMILES string of the molecule is CCC[CH2][Sn]([CH2]CCC)([CH2]CCC)[CH2]C(C(=O)OC)C(C)C(=O)c1ccccc1. The van der Waals surface area contributed by atoms with Crippen molar-refractivity contribution in [2.45, 2.75) is 84.0 Å². The molecule has 1 aromatic carbocycles. The number of benzene rings is 1. The summed E-state index contributed by atoms with van der Waals surface area (Å²) in [6.07, 6.45) is 7.41. The number of hydrogen-bond acceptors (Lipinski definition) is 3. The summed E-state index contributed by atoms with van der Waals surface area (Å²) in [4.78, 5) is 26.0. The number of carbonyl (C=O) groups is 2. The first-order chi connectivity index (χ1) is 13.9. The van der Waals surface area contributed by atoms with Gasteiger partial charge in [-0.1, -0.05) is 0 Å². The molecule has 0 aliphatic heterocycles. The third-order valence-electron chi connectivity index (χ3n) is 6.41. The van der Waals surface area contributed by atoms with Gasteiger partial charge >= 0.3 is 183 Å². The maximum atomic E-state index is 13.2. The van der Waals surface area contributed by atoms with Crippen LogP contribution in [0.15, 0.2) is 30.3 Å². The number of carbonyl (C=O) groups excluding carboxylic acids is 2. The van der Waals surface area contributed by atoms with Crippen molar-refractivity contribution in [2.75, 3.05) is 7.11 Å². The van der Waals surface area contributed by atoms with Crippen LogP contribution in [0.5, 0.6) is 0 Å². The molecule has 0 N–H and O–H groups in total. The number of ketones is 1. The summed E-state index contributed by atoms with van der Waals surface area (Å²) in [5.74, 6) is -0.741. The van der Waals surface area contributed by atoms with Gasteiger partial charge < -0.3 is 0 Å². The topological polar surface area (TPSA) is 43.4 Å². The molecule has 1 aromatic rings. The standard InChI is InChI=1S/C13H15O3.3C4H9.Sn/c1-9(10(2)13(15)16-3)12(14)11-7-5-4-6-8-11;3*1-3-4-2;/h4-10H,2H2,1,3H3;3*1,3-4H2,2H3;. The van der Waals surface area contributed by atoms with Gasteiger partial charge in [0.15, 0.2) is 0 Å². The minimum absolute atomic E-state index is 0.0719. The zero-order chi connectivity index (χ0) is 21.7. The summed E-state index contributed by atoms with van der Waals surface area (Å²) in [5.41, 5.74) is 0.699. The predicted octanol–water partition coefficient (Wildman–Crippen LogP) is 7.14. The molecule has 0 saturated carbocycles. The fourth-order valence-corrected chi connectivity index (χ4v) is 22.0. The number of unbranched alkanes of at least 4 members (excludes halogenated alkanes) is 3. The van der Waals surface area contributed by atoms with E-state index in [2.05, 4.69) is 20.8 Å². The quantitative estimate of drug-likeness (QED) is 0.143. The Balaban J connectivity index is 3.18. The number of methoxy groups -OCH3 is 1. The Morgan fingerprint density at radius 2 is 1.38 bits per heavy atom. The molecule has 0 radical (unpaired) electrons. The molecule has 3 nitrogen and oxygen atoms in total. The molecule has 0 aliphatic carbocycles. The molecule has 0 spiro atoms. The van der Waals surface area contributed by atoms with Crippen LogP contribution in [0.3, 0.4) is 0 Å². The van der Waals surface area contributed by atoms with E-state index in [0.29, 0.717) is 5.56 Å². The fraction of sp³-hybridized carbons (Fsp3) is 0.680. The second-order valence-electron chi connectivity index (χ2n) is 8.66. The molecule has 0 aliphatic rings. The molecule has 164 valence electrons. The predicted molar refractivity (Wildman–Crippen MR) is 125 cm³/mol. The summed E-state index contributed by atoms with van der Waals surface area (Å²) in [6, 6.07) is 9.41. The Hall–Kier alpha value is -0.841. The van der Waals surface area contributed by atoms with Gasteiger partial charge in [-0.25, -0.2) is 0 Å².